The van der Waals surface area contributed by atoms with Crippen molar-refractivity contribution in [3.63, 3.8) is 0 Å². The highest BCUT2D eigenvalue weighted by molar-refractivity contribution is 6.19. The lowest BCUT2D eigenvalue weighted by Crippen LogP contribution is -2.10. The third-order valence-corrected chi connectivity index (χ3v) is 9.35. The van der Waals surface area contributed by atoms with E-state index in [-0.39, 0.29) is 0 Å². The average molecular weight is 613 g/mol. The smallest absolute Gasteiger partial charge is 0.0619 e. The molecule has 0 spiro atoms. The summed E-state index contributed by atoms with van der Waals surface area (Å²) >= 11 is 0. The van der Waals surface area contributed by atoms with Crippen LogP contribution in [0.4, 0.5) is 17.1 Å². The Labute approximate surface area is 280 Å². The van der Waals surface area contributed by atoms with Crippen LogP contribution in [0.2, 0.25) is 0 Å². The Morgan fingerprint density at radius 2 is 0.896 bits per heavy atom. The monoisotopic (exact) mass is 612 g/mol. The maximum Gasteiger partial charge on any atom is 0.0619 e. The molecular weight excluding hydrogens is 581 g/mol. The molecule has 0 atom stereocenters. The van der Waals surface area contributed by atoms with Crippen molar-refractivity contribution < 1.29 is 0 Å². The van der Waals surface area contributed by atoms with Crippen LogP contribution in [0, 0.1) is 0 Å². The van der Waals surface area contributed by atoms with Gasteiger partial charge in [0, 0.05) is 38.9 Å². The molecule has 0 aliphatic carbocycles. The zero-order valence-electron chi connectivity index (χ0n) is 26.4. The van der Waals surface area contributed by atoms with Crippen LogP contribution in [0.25, 0.3) is 60.5 Å². The highest BCUT2D eigenvalue weighted by atomic mass is 15.1. The zero-order valence-corrected chi connectivity index (χ0v) is 26.4. The Morgan fingerprint density at radius 3 is 1.65 bits per heavy atom. The van der Waals surface area contributed by atoms with Crippen LogP contribution in [0.15, 0.2) is 194 Å². The van der Waals surface area contributed by atoms with Crippen LogP contribution >= 0.6 is 0 Å². The standard InChI is InChI=1S/C46H32N2/c1-4-13-33(14-5-1)35-23-26-39(27-24-35)47(40-20-12-17-36(31-40)34-15-6-2-7-16-34)41-28-30-42-37(32-41)25-29-44-43-21-10-11-22-45(43)48(46(42)44)38-18-8-3-9-19-38/h1-32H. The van der Waals surface area contributed by atoms with Crippen molar-refractivity contribution in [3.05, 3.63) is 194 Å². The second-order valence-electron chi connectivity index (χ2n) is 12.2. The number of anilines is 3. The van der Waals surface area contributed by atoms with Gasteiger partial charge in [0.05, 0.1) is 11.0 Å². The molecule has 9 aromatic rings. The van der Waals surface area contributed by atoms with Crippen LogP contribution in [0.5, 0.6) is 0 Å². The molecule has 0 aliphatic rings. The van der Waals surface area contributed by atoms with Gasteiger partial charge in [-0.25, -0.2) is 0 Å². The summed E-state index contributed by atoms with van der Waals surface area (Å²) in [6.07, 6.45) is 0. The van der Waals surface area contributed by atoms with E-state index in [1.165, 1.54) is 54.8 Å². The molecule has 0 radical (unpaired) electrons. The lowest BCUT2D eigenvalue weighted by molar-refractivity contribution is 1.19. The molecule has 0 fully saturated rings. The molecule has 8 aromatic carbocycles. The third-order valence-electron chi connectivity index (χ3n) is 9.35. The Kier molecular flexibility index (Phi) is 6.84. The molecule has 48 heavy (non-hydrogen) atoms. The van der Waals surface area contributed by atoms with E-state index in [2.05, 4.69) is 204 Å². The van der Waals surface area contributed by atoms with Gasteiger partial charge in [0.2, 0.25) is 0 Å². The quantitative estimate of drug-likeness (QED) is 0.181. The fourth-order valence-corrected chi connectivity index (χ4v) is 7.10. The molecule has 1 aromatic heterocycles. The first-order valence-corrected chi connectivity index (χ1v) is 16.4. The molecule has 9 rings (SSSR count). The Morgan fingerprint density at radius 1 is 0.333 bits per heavy atom. The zero-order chi connectivity index (χ0) is 31.9. The summed E-state index contributed by atoms with van der Waals surface area (Å²) in [6, 6.07) is 69.8. The van der Waals surface area contributed by atoms with Gasteiger partial charge in [-0.3, -0.25) is 0 Å². The van der Waals surface area contributed by atoms with Gasteiger partial charge in [0.1, 0.15) is 0 Å². The van der Waals surface area contributed by atoms with E-state index in [1.807, 2.05) is 0 Å². The SMILES string of the molecule is c1ccc(-c2ccc(N(c3cccc(-c4ccccc4)c3)c3ccc4c(ccc5c6ccccc6n(-c6ccccc6)c45)c3)cc2)cc1. The van der Waals surface area contributed by atoms with Gasteiger partial charge < -0.3 is 9.47 Å². The molecule has 0 saturated carbocycles. The van der Waals surface area contributed by atoms with Crippen molar-refractivity contribution in [3.8, 4) is 27.9 Å². The second kappa shape index (κ2) is 11.8. The summed E-state index contributed by atoms with van der Waals surface area (Å²) in [5, 5.41) is 4.96. The highest BCUT2D eigenvalue weighted by Crippen LogP contribution is 2.41. The molecule has 2 heteroatoms. The molecule has 0 saturated heterocycles. The maximum absolute atomic E-state index is 2.41. The van der Waals surface area contributed by atoms with Crippen LogP contribution < -0.4 is 4.90 Å². The van der Waals surface area contributed by atoms with E-state index in [0.717, 1.165) is 22.7 Å². The van der Waals surface area contributed by atoms with Gasteiger partial charge in [-0.05, 0) is 82.2 Å². The summed E-state index contributed by atoms with van der Waals surface area (Å²) in [6.45, 7) is 0. The minimum absolute atomic E-state index is 1.11. The second-order valence-corrected chi connectivity index (χ2v) is 12.2. The van der Waals surface area contributed by atoms with Crippen molar-refractivity contribution in [2.45, 2.75) is 0 Å². The number of nitrogens with zero attached hydrogens (tertiary/aromatic N) is 2. The molecule has 0 unspecified atom stereocenters. The number of aromatic nitrogens is 1. The minimum Gasteiger partial charge on any atom is -0.310 e. The summed E-state index contributed by atoms with van der Waals surface area (Å²) in [5.74, 6) is 0. The summed E-state index contributed by atoms with van der Waals surface area (Å²) in [4.78, 5) is 2.37. The van der Waals surface area contributed by atoms with Gasteiger partial charge in [0.15, 0.2) is 0 Å². The van der Waals surface area contributed by atoms with Crippen molar-refractivity contribution >= 4 is 49.6 Å². The van der Waals surface area contributed by atoms with Crippen molar-refractivity contribution in [2.75, 3.05) is 4.90 Å². The lowest BCUT2D eigenvalue weighted by Gasteiger charge is -2.27. The molecule has 226 valence electrons. The van der Waals surface area contributed by atoms with Gasteiger partial charge in [-0.2, -0.15) is 0 Å². The number of rotatable bonds is 6. The highest BCUT2D eigenvalue weighted by Gasteiger charge is 2.18. The fourth-order valence-electron chi connectivity index (χ4n) is 7.10. The average Bonchev–Trinajstić information content (AvgIpc) is 3.51. The van der Waals surface area contributed by atoms with E-state index in [9.17, 15) is 0 Å². The van der Waals surface area contributed by atoms with E-state index >= 15 is 0 Å². The minimum atomic E-state index is 1.11. The van der Waals surface area contributed by atoms with Gasteiger partial charge >= 0.3 is 0 Å². The van der Waals surface area contributed by atoms with Gasteiger partial charge in [-0.1, -0.05) is 140 Å². The molecule has 0 N–H and O–H groups in total. The normalized spacial score (nSPS) is 11.3. The van der Waals surface area contributed by atoms with Crippen LogP contribution in [0.3, 0.4) is 0 Å². The number of hydrogen-bond acceptors (Lipinski definition) is 1. The Hall–Kier alpha value is -6.38. The largest absolute Gasteiger partial charge is 0.310 e. The summed E-state index contributed by atoms with van der Waals surface area (Å²) < 4.78 is 2.41. The first-order valence-electron chi connectivity index (χ1n) is 16.4. The first kappa shape index (κ1) is 27.9. The van der Waals surface area contributed by atoms with Crippen LogP contribution in [-0.2, 0) is 0 Å². The molecule has 0 aliphatic heterocycles. The number of fused-ring (bicyclic) bond motifs is 5. The predicted octanol–water partition coefficient (Wildman–Crippen LogP) is 12.7. The topological polar surface area (TPSA) is 8.17 Å². The lowest BCUT2D eigenvalue weighted by atomic mass is 10.0. The fraction of sp³-hybridized carbons (Fsp3) is 0. The molecule has 0 bridgehead atoms. The molecule has 0 amide bonds. The van der Waals surface area contributed by atoms with Crippen molar-refractivity contribution in [2.24, 2.45) is 0 Å². The van der Waals surface area contributed by atoms with Gasteiger partial charge in [-0.15, -0.1) is 0 Å². The molecule has 1 heterocycles. The summed E-state index contributed by atoms with van der Waals surface area (Å²) in [7, 11) is 0. The molecule has 2 nitrogen and oxygen atoms in total. The molecular formula is C46H32N2. The van der Waals surface area contributed by atoms with E-state index in [1.54, 1.807) is 0 Å². The van der Waals surface area contributed by atoms with Crippen LogP contribution in [0.1, 0.15) is 0 Å². The Bertz CT molecular complexity index is 2530. The van der Waals surface area contributed by atoms with E-state index in [4.69, 9.17) is 0 Å². The number of benzene rings is 8. The predicted molar refractivity (Wildman–Crippen MR) is 204 cm³/mol. The number of hydrogen-bond donors (Lipinski definition) is 0. The van der Waals surface area contributed by atoms with Crippen LogP contribution in [-0.4, -0.2) is 4.57 Å². The van der Waals surface area contributed by atoms with E-state index in [0.29, 0.717) is 0 Å². The van der Waals surface area contributed by atoms with Crippen molar-refractivity contribution in [1.29, 1.82) is 0 Å². The van der Waals surface area contributed by atoms with Gasteiger partial charge in [0.25, 0.3) is 0 Å². The Balaban J connectivity index is 1.24. The third kappa shape index (κ3) is 4.83. The first-order chi connectivity index (χ1) is 23.8. The summed E-state index contributed by atoms with van der Waals surface area (Å²) in [5.41, 5.74) is 11.8. The van der Waals surface area contributed by atoms with Crippen molar-refractivity contribution in [1.82, 2.24) is 4.57 Å². The van der Waals surface area contributed by atoms with E-state index < -0.39 is 0 Å². The number of para-hydroxylation sites is 2. The maximum atomic E-state index is 2.41.